The number of ether oxygens (including phenoxy) is 2. The first-order valence-corrected chi connectivity index (χ1v) is 6.76. The Labute approximate surface area is 110 Å². The first-order valence-electron chi connectivity index (χ1n) is 6.76. The molecule has 0 heterocycles. The van der Waals surface area contributed by atoms with Crippen LogP contribution in [0.25, 0.3) is 0 Å². The Morgan fingerprint density at radius 3 is 2.56 bits per heavy atom. The van der Waals surface area contributed by atoms with Gasteiger partial charge in [0.05, 0.1) is 13.7 Å². The summed E-state index contributed by atoms with van der Waals surface area (Å²) >= 11 is 0. The molecule has 3 nitrogen and oxygen atoms in total. The van der Waals surface area contributed by atoms with Crippen molar-refractivity contribution in [1.29, 1.82) is 0 Å². The molecular weight excluding hydrogens is 226 g/mol. The van der Waals surface area contributed by atoms with Gasteiger partial charge in [0.15, 0.2) is 11.5 Å². The summed E-state index contributed by atoms with van der Waals surface area (Å²) in [5, 5.41) is 0. The number of methoxy groups -OCH3 is 1. The summed E-state index contributed by atoms with van der Waals surface area (Å²) in [6.07, 6.45) is 4.05. The third kappa shape index (κ3) is 4.57. The van der Waals surface area contributed by atoms with Crippen LogP contribution in [-0.2, 0) is 6.42 Å². The second-order valence-corrected chi connectivity index (χ2v) is 4.59. The van der Waals surface area contributed by atoms with Crippen molar-refractivity contribution < 1.29 is 9.47 Å². The van der Waals surface area contributed by atoms with Gasteiger partial charge < -0.3 is 15.2 Å². The van der Waals surface area contributed by atoms with Crippen LogP contribution < -0.4 is 15.2 Å². The maximum Gasteiger partial charge on any atom is 0.161 e. The highest BCUT2D eigenvalue weighted by molar-refractivity contribution is 5.43. The molecule has 1 aromatic carbocycles. The molecule has 2 N–H and O–H groups in total. The molecule has 102 valence electrons. The topological polar surface area (TPSA) is 44.5 Å². The van der Waals surface area contributed by atoms with Crippen molar-refractivity contribution in [3.8, 4) is 11.5 Å². The molecule has 0 spiro atoms. The van der Waals surface area contributed by atoms with Gasteiger partial charge in [-0.1, -0.05) is 26.3 Å². The molecule has 0 radical (unpaired) electrons. The fourth-order valence-electron chi connectivity index (χ4n) is 1.95. The van der Waals surface area contributed by atoms with Crippen LogP contribution in [0.15, 0.2) is 18.2 Å². The minimum atomic E-state index is 0.224. The molecule has 0 aliphatic rings. The van der Waals surface area contributed by atoms with Gasteiger partial charge in [0.1, 0.15) is 0 Å². The first kappa shape index (κ1) is 14.8. The molecule has 1 aromatic rings. The van der Waals surface area contributed by atoms with E-state index in [4.69, 9.17) is 15.2 Å². The molecule has 0 saturated carbocycles. The fraction of sp³-hybridized carbons (Fsp3) is 0.600. The van der Waals surface area contributed by atoms with E-state index < -0.39 is 0 Å². The zero-order valence-corrected chi connectivity index (χ0v) is 11.7. The van der Waals surface area contributed by atoms with Crippen LogP contribution in [-0.4, -0.2) is 19.8 Å². The molecule has 18 heavy (non-hydrogen) atoms. The van der Waals surface area contributed by atoms with Gasteiger partial charge in [0.2, 0.25) is 0 Å². The van der Waals surface area contributed by atoms with Gasteiger partial charge in [-0.05, 0) is 37.0 Å². The summed E-state index contributed by atoms with van der Waals surface area (Å²) in [5.41, 5.74) is 7.26. The highest BCUT2D eigenvalue weighted by atomic mass is 16.5. The lowest BCUT2D eigenvalue weighted by Gasteiger charge is -2.14. The molecular formula is C15H25NO2. The standard InChI is InChI=1S/C15H25NO2/c1-4-6-13(16)10-12-7-8-14(18-9-5-2)15(11-12)17-3/h7-8,11,13H,4-6,9-10,16H2,1-3H3. The smallest absolute Gasteiger partial charge is 0.161 e. The summed E-state index contributed by atoms with van der Waals surface area (Å²) in [7, 11) is 1.67. The molecule has 0 amide bonds. The number of nitrogens with two attached hydrogens (primary N) is 1. The van der Waals surface area contributed by atoms with Crippen molar-refractivity contribution in [2.45, 2.75) is 45.6 Å². The van der Waals surface area contributed by atoms with Crippen LogP contribution in [0.4, 0.5) is 0 Å². The Morgan fingerprint density at radius 1 is 1.17 bits per heavy atom. The predicted octanol–water partition coefficient (Wildman–Crippen LogP) is 3.15. The Kier molecular flexibility index (Phi) is 6.58. The zero-order chi connectivity index (χ0) is 13.4. The van der Waals surface area contributed by atoms with E-state index in [0.29, 0.717) is 6.61 Å². The van der Waals surface area contributed by atoms with E-state index in [0.717, 1.165) is 37.2 Å². The minimum Gasteiger partial charge on any atom is -0.493 e. The zero-order valence-electron chi connectivity index (χ0n) is 11.7. The third-order valence-corrected chi connectivity index (χ3v) is 2.85. The highest BCUT2D eigenvalue weighted by Gasteiger charge is 2.08. The van der Waals surface area contributed by atoms with E-state index in [-0.39, 0.29) is 6.04 Å². The first-order chi connectivity index (χ1) is 8.71. The summed E-state index contributed by atoms with van der Waals surface area (Å²) < 4.78 is 11.0. The Hall–Kier alpha value is -1.22. The maximum absolute atomic E-state index is 6.05. The fourth-order valence-corrected chi connectivity index (χ4v) is 1.95. The summed E-state index contributed by atoms with van der Waals surface area (Å²) in [4.78, 5) is 0. The number of hydrogen-bond donors (Lipinski definition) is 1. The quantitative estimate of drug-likeness (QED) is 0.772. The predicted molar refractivity (Wildman–Crippen MR) is 75.4 cm³/mol. The van der Waals surface area contributed by atoms with E-state index in [9.17, 15) is 0 Å². The van der Waals surface area contributed by atoms with Gasteiger partial charge in [0.25, 0.3) is 0 Å². The van der Waals surface area contributed by atoms with Gasteiger partial charge in [0, 0.05) is 6.04 Å². The van der Waals surface area contributed by atoms with Crippen molar-refractivity contribution >= 4 is 0 Å². The van der Waals surface area contributed by atoms with Crippen molar-refractivity contribution in [3.63, 3.8) is 0 Å². The van der Waals surface area contributed by atoms with Crippen molar-refractivity contribution in [2.75, 3.05) is 13.7 Å². The third-order valence-electron chi connectivity index (χ3n) is 2.85. The van der Waals surface area contributed by atoms with Gasteiger partial charge >= 0.3 is 0 Å². The van der Waals surface area contributed by atoms with Crippen molar-refractivity contribution in [3.05, 3.63) is 23.8 Å². The van der Waals surface area contributed by atoms with Crippen molar-refractivity contribution in [1.82, 2.24) is 0 Å². The largest absolute Gasteiger partial charge is 0.493 e. The molecule has 3 heteroatoms. The Morgan fingerprint density at radius 2 is 1.94 bits per heavy atom. The van der Waals surface area contributed by atoms with Gasteiger partial charge in [-0.25, -0.2) is 0 Å². The van der Waals surface area contributed by atoms with E-state index >= 15 is 0 Å². The number of benzene rings is 1. The van der Waals surface area contributed by atoms with Crippen molar-refractivity contribution in [2.24, 2.45) is 5.73 Å². The molecule has 0 bridgehead atoms. The van der Waals surface area contributed by atoms with Crippen LogP contribution in [0.3, 0.4) is 0 Å². The number of rotatable bonds is 8. The molecule has 0 aromatic heterocycles. The van der Waals surface area contributed by atoms with E-state index in [1.807, 2.05) is 12.1 Å². The lowest BCUT2D eigenvalue weighted by Crippen LogP contribution is -2.22. The SMILES string of the molecule is CCCOc1ccc(CC(N)CCC)cc1OC. The van der Waals surface area contributed by atoms with Crippen LogP contribution in [0.2, 0.25) is 0 Å². The number of hydrogen-bond acceptors (Lipinski definition) is 3. The lowest BCUT2D eigenvalue weighted by molar-refractivity contribution is 0.294. The van der Waals surface area contributed by atoms with E-state index in [1.54, 1.807) is 7.11 Å². The van der Waals surface area contributed by atoms with Crippen LogP contribution in [0, 0.1) is 0 Å². The highest BCUT2D eigenvalue weighted by Crippen LogP contribution is 2.28. The van der Waals surface area contributed by atoms with Crippen LogP contribution >= 0.6 is 0 Å². The average Bonchev–Trinajstić information content (AvgIpc) is 2.37. The summed E-state index contributed by atoms with van der Waals surface area (Å²) in [5.74, 6) is 1.61. The lowest BCUT2D eigenvalue weighted by atomic mass is 10.0. The Balaban J connectivity index is 2.71. The summed E-state index contributed by atoms with van der Waals surface area (Å²) in [6, 6.07) is 6.30. The molecule has 1 unspecified atom stereocenters. The molecule has 0 fully saturated rings. The van der Waals surface area contributed by atoms with E-state index in [1.165, 1.54) is 5.56 Å². The molecule has 1 atom stereocenters. The second kappa shape index (κ2) is 7.98. The van der Waals surface area contributed by atoms with Gasteiger partial charge in [-0.3, -0.25) is 0 Å². The monoisotopic (exact) mass is 251 g/mol. The van der Waals surface area contributed by atoms with E-state index in [2.05, 4.69) is 19.9 Å². The maximum atomic E-state index is 6.05. The summed E-state index contributed by atoms with van der Waals surface area (Å²) in [6.45, 7) is 4.96. The van der Waals surface area contributed by atoms with Crippen LogP contribution in [0.1, 0.15) is 38.7 Å². The minimum absolute atomic E-state index is 0.224. The molecule has 0 aliphatic heterocycles. The normalized spacial score (nSPS) is 12.2. The van der Waals surface area contributed by atoms with Gasteiger partial charge in [-0.15, -0.1) is 0 Å². The van der Waals surface area contributed by atoms with Crippen LogP contribution in [0.5, 0.6) is 11.5 Å². The molecule has 0 aliphatic carbocycles. The average molecular weight is 251 g/mol. The Bertz CT molecular complexity index is 352. The molecule has 0 saturated heterocycles. The van der Waals surface area contributed by atoms with Gasteiger partial charge in [-0.2, -0.15) is 0 Å². The molecule has 1 rings (SSSR count). The second-order valence-electron chi connectivity index (χ2n) is 4.59.